The van der Waals surface area contributed by atoms with Crippen LogP contribution in [-0.2, 0) is 22.6 Å². The molecule has 0 spiro atoms. The number of nitrogens with zero attached hydrogens (tertiary/aromatic N) is 2. The molecule has 3 aliphatic rings. The molecule has 1 saturated carbocycles. The first-order valence-electron chi connectivity index (χ1n) is 15.0. The molecule has 2 unspecified atom stereocenters. The zero-order chi connectivity index (χ0) is 33.0. The lowest BCUT2D eigenvalue weighted by atomic mass is 9.55. The minimum Gasteiger partial charge on any atom is -0.508 e. The van der Waals surface area contributed by atoms with Crippen molar-refractivity contribution in [2.45, 2.75) is 37.1 Å². The van der Waals surface area contributed by atoms with Gasteiger partial charge in [0.05, 0.1) is 18.8 Å². The van der Waals surface area contributed by atoms with E-state index >= 15 is 0 Å². The molecule has 45 heavy (non-hydrogen) atoms. The highest BCUT2D eigenvalue weighted by Gasteiger charge is 2.66. The molecule has 7 N–H and O–H groups in total. The van der Waals surface area contributed by atoms with Crippen LogP contribution in [0.5, 0.6) is 11.5 Å². The number of Topliss-reactive ketones (excluding diaryl/α,β-unsaturated/α-hetero) is 2. The first kappa shape index (κ1) is 32.6. The zero-order valence-electron chi connectivity index (χ0n) is 26.2. The number of methoxy groups -OCH3 is 1. The molecule has 6 atom stereocenters. The van der Waals surface area contributed by atoms with Crippen molar-refractivity contribution in [3.63, 3.8) is 0 Å². The number of phenols is 1. The van der Waals surface area contributed by atoms with Crippen LogP contribution in [0.4, 0.5) is 0 Å². The molecule has 1 amide bonds. The number of aliphatic hydroxyl groups is 3. The van der Waals surface area contributed by atoms with Crippen LogP contribution in [0.3, 0.4) is 0 Å². The molecule has 1 fully saturated rings. The van der Waals surface area contributed by atoms with Crippen LogP contribution in [-0.4, -0.2) is 114 Å². The van der Waals surface area contributed by atoms with Crippen LogP contribution in [0.25, 0.3) is 11.1 Å². The predicted molar refractivity (Wildman–Crippen MR) is 166 cm³/mol. The molecule has 0 bridgehead atoms. The van der Waals surface area contributed by atoms with Crippen molar-refractivity contribution in [3.05, 3.63) is 58.4 Å². The van der Waals surface area contributed by atoms with E-state index in [0.717, 1.165) is 24.2 Å². The zero-order valence-corrected chi connectivity index (χ0v) is 26.2. The Morgan fingerprint density at radius 1 is 1.11 bits per heavy atom. The highest BCUT2D eigenvalue weighted by Crippen LogP contribution is 2.53. The van der Waals surface area contributed by atoms with Crippen molar-refractivity contribution in [2.24, 2.45) is 23.5 Å². The molecule has 0 heterocycles. The largest absolute Gasteiger partial charge is 0.508 e. The molecule has 12 nitrogen and oxygen atoms in total. The number of aromatic hydroxyl groups is 1. The molecular formula is C33H42N4O8. The van der Waals surface area contributed by atoms with E-state index in [4.69, 9.17) is 10.5 Å². The standard InChI is InChI=1S/C33H42N4O8/c1-36(2)11-10-35-15-16-6-9-23(45-5)19(12-16)18-7-8-22(38)25-20(18)13-17-14-21-27(37(3)4)29(40)26(32(34)43)31(42)33(21,44)30(41)24(17)28(25)39/h6-9,12,17,21,26-27,29,35,38,40-41,44H,10-11,13-15H2,1-5H3,(H2,34,43)/t17-,21-,26?,27-,29?,33-/m0/s1. The highest BCUT2D eigenvalue weighted by atomic mass is 16.5. The summed E-state index contributed by atoms with van der Waals surface area (Å²) in [5.74, 6) is -7.11. The van der Waals surface area contributed by atoms with E-state index in [0.29, 0.717) is 23.4 Å². The number of hydrogen-bond donors (Lipinski definition) is 6. The van der Waals surface area contributed by atoms with Crippen molar-refractivity contribution >= 4 is 17.5 Å². The van der Waals surface area contributed by atoms with Gasteiger partial charge in [0, 0.05) is 42.7 Å². The SMILES string of the molecule is COc1ccc(CNCCN(C)C)cc1-c1ccc(O)c2c1C[C@H]1C[C@H]3[C@H](N(C)C)C(O)C(C(N)=O)C(=O)[C@@]3(O)C(O)=C1C2=O. The van der Waals surface area contributed by atoms with Gasteiger partial charge in [-0.3, -0.25) is 14.4 Å². The van der Waals surface area contributed by atoms with E-state index in [-0.39, 0.29) is 29.7 Å². The molecule has 3 aliphatic carbocycles. The summed E-state index contributed by atoms with van der Waals surface area (Å²) < 4.78 is 5.70. The summed E-state index contributed by atoms with van der Waals surface area (Å²) in [6.45, 7) is 2.26. The monoisotopic (exact) mass is 622 g/mol. The maximum Gasteiger partial charge on any atom is 0.230 e. The number of primary amides is 1. The number of likely N-dealkylation sites (N-methyl/N-ethyl adjacent to an activating group) is 2. The average Bonchev–Trinajstić information content (AvgIpc) is 2.97. The third-order valence-electron chi connectivity index (χ3n) is 9.60. The number of phenolic OH excluding ortho intramolecular Hbond substituents is 1. The van der Waals surface area contributed by atoms with Crippen molar-refractivity contribution < 1.29 is 39.5 Å². The van der Waals surface area contributed by atoms with E-state index < -0.39 is 58.7 Å². The third-order valence-corrected chi connectivity index (χ3v) is 9.60. The van der Waals surface area contributed by atoms with E-state index in [1.165, 1.54) is 6.07 Å². The average molecular weight is 623 g/mol. The number of rotatable bonds is 9. The van der Waals surface area contributed by atoms with Gasteiger partial charge in [0.25, 0.3) is 0 Å². The Labute approximate surface area is 262 Å². The van der Waals surface area contributed by atoms with Crippen molar-refractivity contribution in [2.75, 3.05) is 48.4 Å². The lowest BCUT2D eigenvalue weighted by Crippen LogP contribution is -2.71. The number of ether oxygens (including phenoxy) is 1. The van der Waals surface area contributed by atoms with E-state index in [9.17, 15) is 34.8 Å². The molecule has 5 rings (SSSR count). The van der Waals surface area contributed by atoms with Gasteiger partial charge in [-0.25, -0.2) is 0 Å². The quantitative estimate of drug-likeness (QED) is 0.170. The Morgan fingerprint density at radius 3 is 2.44 bits per heavy atom. The van der Waals surface area contributed by atoms with Gasteiger partial charge in [-0.15, -0.1) is 0 Å². The van der Waals surface area contributed by atoms with E-state index in [2.05, 4.69) is 10.2 Å². The number of nitrogens with two attached hydrogens (primary N) is 1. The first-order valence-corrected chi connectivity index (χ1v) is 15.0. The number of amides is 1. The summed E-state index contributed by atoms with van der Waals surface area (Å²) in [7, 11) is 8.82. The second-order valence-electron chi connectivity index (χ2n) is 12.8. The summed E-state index contributed by atoms with van der Waals surface area (Å²) in [6, 6.07) is 7.97. The van der Waals surface area contributed by atoms with Crippen LogP contribution < -0.4 is 15.8 Å². The fourth-order valence-corrected chi connectivity index (χ4v) is 7.47. The molecule has 2 aromatic rings. The Kier molecular flexibility index (Phi) is 8.82. The summed E-state index contributed by atoms with van der Waals surface area (Å²) in [6.07, 6.45) is -1.30. The van der Waals surface area contributed by atoms with Crippen molar-refractivity contribution in [1.29, 1.82) is 0 Å². The summed E-state index contributed by atoms with van der Waals surface area (Å²) in [5, 5.41) is 48.9. The van der Waals surface area contributed by atoms with E-state index in [1.807, 2.05) is 32.3 Å². The summed E-state index contributed by atoms with van der Waals surface area (Å²) >= 11 is 0. The molecule has 0 saturated heterocycles. The number of aliphatic hydroxyl groups excluding tert-OH is 2. The van der Waals surface area contributed by atoms with Gasteiger partial charge in [0.1, 0.15) is 23.2 Å². The number of allylic oxidation sites excluding steroid dienone is 1. The van der Waals surface area contributed by atoms with Gasteiger partial charge >= 0.3 is 0 Å². The molecule has 12 heteroatoms. The molecule has 0 radical (unpaired) electrons. The molecule has 0 aromatic heterocycles. The number of carbonyl (C=O) groups excluding carboxylic acids is 3. The normalized spacial score (nSPS) is 27.8. The minimum absolute atomic E-state index is 0.0391. The number of benzene rings is 2. The van der Waals surface area contributed by atoms with Gasteiger partial charge in [0.15, 0.2) is 17.2 Å². The molecule has 2 aromatic carbocycles. The maximum absolute atomic E-state index is 14.1. The minimum atomic E-state index is -2.63. The number of hydrogen-bond acceptors (Lipinski definition) is 11. The highest BCUT2D eigenvalue weighted by molar-refractivity contribution is 6.16. The fourth-order valence-electron chi connectivity index (χ4n) is 7.47. The first-order chi connectivity index (χ1) is 21.2. The Morgan fingerprint density at radius 2 is 1.82 bits per heavy atom. The topological polar surface area (TPSA) is 186 Å². The molecule has 242 valence electrons. The maximum atomic E-state index is 14.1. The second kappa shape index (κ2) is 12.2. The van der Waals surface area contributed by atoms with Crippen molar-refractivity contribution in [1.82, 2.24) is 15.1 Å². The number of ketones is 2. The summed E-state index contributed by atoms with van der Waals surface area (Å²) in [4.78, 5) is 43.6. The van der Waals surface area contributed by atoms with Gasteiger partial charge < -0.3 is 46.0 Å². The molecule has 0 aliphatic heterocycles. The van der Waals surface area contributed by atoms with Gasteiger partial charge in [-0.1, -0.05) is 12.1 Å². The second-order valence-corrected chi connectivity index (χ2v) is 12.8. The lowest BCUT2D eigenvalue weighted by molar-refractivity contribution is -0.178. The Hall–Kier alpha value is -3.81. The fraction of sp³-hybridized carbons (Fsp3) is 0.485. The predicted octanol–water partition coefficient (Wildman–Crippen LogP) is 0.612. The van der Waals surface area contributed by atoms with Crippen LogP contribution in [0, 0.1) is 17.8 Å². The number of carbonyl (C=O) groups is 3. The summed E-state index contributed by atoms with van der Waals surface area (Å²) in [5.41, 5.74) is 5.53. The lowest BCUT2D eigenvalue weighted by Gasteiger charge is -2.53. The molecular weight excluding hydrogens is 580 g/mol. The van der Waals surface area contributed by atoms with Crippen molar-refractivity contribution in [3.8, 4) is 22.6 Å². The van der Waals surface area contributed by atoms with Crippen LogP contribution in [0.15, 0.2) is 41.7 Å². The number of nitrogens with one attached hydrogen (secondary N) is 1. The smallest absolute Gasteiger partial charge is 0.230 e. The van der Waals surface area contributed by atoms with Gasteiger partial charge in [-0.2, -0.15) is 0 Å². The Bertz CT molecular complexity index is 1570. The van der Waals surface area contributed by atoms with Crippen LogP contribution >= 0.6 is 0 Å². The van der Waals surface area contributed by atoms with Crippen LogP contribution in [0.2, 0.25) is 0 Å². The van der Waals surface area contributed by atoms with Gasteiger partial charge in [0.2, 0.25) is 5.91 Å². The Balaban J connectivity index is 1.62. The number of fused-ring (bicyclic) bond motifs is 3. The van der Waals surface area contributed by atoms with Crippen LogP contribution in [0.1, 0.15) is 27.9 Å². The van der Waals surface area contributed by atoms with Gasteiger partial charge in [-0.05, 0) is 81.8 Å². The van der Waals surface area contributed by atoms with E-state index in [1.54, 1.807) is 32.2 Å². The third kappa shape index (κ3) is 5.30.